The molecule has 1 aromatic heterocycles. The fourth-order valence-electron chi connectivity index (χ4n) is 6.54. The van der Waals surface area contributed by atoms with Gasteiger partial charge in [0.1, 0.15) is 11.4 Å². The van der Waals surface area contributed by atoms with E-state index in [9.17, 15) is 9.18 Å². The molecule has 5 nitrogen and oxygen atoms in total. The molecule has 0 unspecified atom stereocenters. The first kappa shape index (κ1) is 30.5. The van der Waals surface area contributed by atoms with Crippen molar-refractivity contribution in [3.05, 3.63) is 72.2 Å². The summed E-state index contributed by atoms with van der Waals surface area (Å²) in [4.78, 5) is 12.8. The number of hydrogen-bond donors (Lipinski definition) is 0. The second-order valence-electron chi connectivity index (χ2n) is 13.3. The Hall–Kier alpha value is -2.96. The highest BCUT2D eigenvalue weighted by Gasteiger charge is 2.44. The molecule has 1 aliphatic heterocycles. The Morgan fingerprint density at radius 1 is 0.976 bits per heavy atom. The van der Waals surface area contributed by atoms with Crippen LogP contribution in [0, 0.1) is 5.82 Å². The van der Waals surface area contributed by atoms with Gasteiger partial charge in [-0.2, -0.15) is 0 Å². The maximum Gasteiger partial charge on any atom is 0.308 e. The molecule has 1 spiro atoms. The first-order valence-corrected chi connectivity index (χ1v) is 15.6. The lowest BCUT2D eigenvalue weighted by molar-refractivity contribution is -0.329. The molecule has 6 heteroatoms. The van der Waals surface area contributed by atoms with Crippen molar-refractivity contribution >= 4 is 5.97 Å². The van der Waals surface area contributed by atoms with Crippen molar-refractivity contribution in [3.8, 4) is 22.4 Å². The molecule has 1 saturated heterocycles. The Morgan fingerprint density at radius 3 is 2.29 bits per heavy atom. The van der Waals surface area contributed by atoms with Gasteiger partial charge in [-0.3, -0.25) is 4.79 Å². The van der Waals surface area contributed by atoms with E-state index >= 15 is 0 Å². The number of benzene rings is 2. The predicted octanol–water partition coefficient (Wildman–Crippen LogP) is 9.04. The van der Waals surface area contributed by atoms with Crippen molar-refractivity contribution in [3.63, 3.8) is 0 Å². The highest BCUT2D eigenvalue weighted by molar-refractivity contribution is 5.82. The Morgan fingerprint density at radius 2 is 1.64 bits per heavy atom. The molecule has 1 saturated carbocycles. The summed E-state index contributed by atoms with van der Waals surface area (Å²) in [7, 11) is 0. The van der Waals surface area contributed by atoms with Crippen LogP contribution in [0.1, 0.15) is 97.6 Å². The largest absolute Gasteiger partial charge is 0.460 e. The molecule has 2 aromatic carbocycles. The van der Waals surface area contributed by atoms with Crippen LogP contribution in [0.2, 0.25) is 0 Å². The number of halogens is 1. The van der Waals surface area contributed by atoms with E-state index in [4.69, 9.17) is 14.2 Å². The van der Waals surface area contributed by atoms with Crippen LogP contribution in [0.15, 0.2) is 60.7 Å². The number of hydrogen-bond acceptors (Lipinski definition) is 4. The smallest absolute Gasteiger partial charge is 0.308 e. The average Bonchev–Trinajstić information content (AvgIpc) is 3.32. The minimum absolute atomic E-state index is 0.0482. The Kier molecular flexibility index (Phi) is 9.24. The fraction of sp³-hybridized carbons (Fsp3) is 0.528. The van der Waals surface area contributed by atoms with Crippen LogP contribution in [0.4, 0.5) is 4.39 Å². The van der Waals surface area contributed by atoms with Gasteiger partial charge in [0, 0.05) is 37.1 Å². The zero-order chi connectivity index (χ0) is 29.9. The molecule has 2 atom stereocenters. The third kappa shape index (κ3) is 7.33. The molecule has 1 aliphatic carbocycles. The van der Waals surface area contributed by atoms with E-state index < -0.39 is 11.4 Å². The van der Waals surface area contributed by atoms with Crippen LogP contribution < -0.4 is 0 Å². The predicted molar refractivity (Wildman–Crippen MR) is 165 cm³/mol. The number of esters is 1. The summed E-state index contributed by atoms with van der Waals surface area (Å²) in [5.41, 5.74) is 5.07. The first-order valence-electron chi connectivity index (χ1n) is 15.6. The van der Waals surface area contributed by atoms with Gasteiger partial charge < -0.3 is 18.8 Å². The molecule has 0 bridgehead atoms. The highest BCUT2D eigenvalue weighted by Crippen LogP contribution is 2.42. The van der Waals surface area contributed by atoms with Crippen LogP contribution in [0.3, 0.4) is 0 Å². The van der Waals surface area contributed by atoms with Crippen molar-refractivity contribution in [2.45, 2.75) is 122 Å². The number of aromatic nitrogens is 1. The average molecular weight is 576 g/mol. The van der Waals surface area contributed by atoms with Crippen LogP contribution >= 0.6 is 0 Å². The van der Waals surface area contributed by atoms with Crippen molar-refractivity contribution in [2.75, 3.05) is 0 Å². The number of rotatable bonds is 8. The van der Waals surface area contributed by atoms with Crippen LogP contribution in [0.25, 0.3) is 22.4 Å². The number of ether oxygens (including phenoxy) is 3. The third-order valence-corrected chi connectivity index (χ3v) is 8.32. The van der Waals surface area contributed by atoms with Crippen LogP contribution in [-0.2, 0) is 25.5 Å². The maximum atomic E-state index is 14.0. The normalized spacial score (nSPS) is 20.6. The molecule has 2 heterocycles. The van der Waals surface area contributed by atoms with Crippen LogP contribution in [0.5, 0.6) is 0 Å². The topological polar surface area (TPSA) is 49.7 Å². The van der Waals surface area contributed by atoms with Crippen molar-refractivity contribution in [1.29, 1.82) is 0 Å². The van der Waals surface area contributed by atoms with E-state index in [2.05, 4.69) is 48.7 Å². The molecule has 0 amide bonds. The molecule has 42 heavy (non-hydrogen) atoms. The highest BCUT2D eigenvalue weighted by atomic mass is 19.1. The quantitative estimate of drug-likeness (QED) is 0.252. The summed E-state index contributed by atoms with van der Waals surface area (Å²) in [6, 6.07) is 19.5. The molecule has 0 radical (unpaired) electrons. The van der Waals surface area contributed by atoms with Gasteiger partial charge in [-0.15, -0.1) is 0 Å². The van der Waals surface area contributed by atoms with E-state index in [1.54, 1.807) is 0 Å². The van der Waals surface area contributed by atoms with Gasteiger partial charge in [-0.1, -0.05) is 50.6 Å². The second kappa shape index (κ2) is 12.7. The molecular weight excluding hydrogens is 529 g/mol. The summed E-state index contributed by atoms with van der Waals surface area (Å²) >= 11 is 0. The molecule has 226 valence electrons. The summed E-state index contributed by atoms with van der Waals surface area (Å²) in [6.07, 6.45) is 6.41. The number of nitrogens with zero attached hydrogens (tertiary/aromatic N) is 1. The third-order valence-electron chi connectivity index (χ3n) is 8.32. The van der Waals surface area contributed by atoms with Crippen LogP contribution in [-0.4, -0.2) is 34.1 Å². The zero-order valence-electron chi connectivity index (χ0n) is 25.8. The van der Waals surface area contributed by atoms with Gasteiger partial charge in [-0.05, 0) is 87.4 Å². The molecule has 5 rings (SSSR count). The van der Waals surface area contributed by atoms with Gasteiger partial charge in [0.25, 0.3) is 0 Å². The summed E-state index contributed by atoms with van der Waals surface area (Å²) in [6.45, 7) is 10.9. The monoisotopic (exact) mass is 575 g/mol. The van der Waals surface area contributed by atoms with Gasteiger partial charge >= 0.3 is 5.97 Å². The Bertz CT molecular complexity index is 1330. The Labute approximate surface area is 250 Å². The lowest BCUT2D eigenvalue weighted by atomic mass is 9.91. The molecule has 3 aromatic rings. The van der Waals surface area contributed by atoms with E-state index in [1.807, 2.05) is 39.0 Å². The fourth-order valence-corrected chi connectivity index (χ4v) is 6.54. The lowest BCUT2D eigenvalue weighted by Gasteiger charge is -2.47. The zero-order valence-corrected chi connectivity index (χ0v) is 25.8. The first-order chi connectivity index (χ1) is 20.0. The summed E-state index contributed by atoms with van der Waals surface area (Å²) < 4.78 is 35.3. The standard InChI is InChI=1S/C36H46FNO4/c1-25(2)32-24-31(26-12-8-6-9-13-26)34(27-14-16-28(37)17-15-27)38(32)21-18-29-22-30(23-33(39)42-35(3,4)5)41-36(40-29)19-10-7-11-20-36/h6,8-9,12-17,24-25,29-30H,7,10-11,18-23H2,1-5H3/t29-,30-/m1/s1. The minimum atomic E-state index is -0.625. The van der Waals surface area contributed by atoms with Crippen molar-refractivity contribution in [1.82, 2.24) is 4.57 Å². The Balaban J connectivity index is 1.45. The van der Waals surface area contributed by atoms with E-state index in [1.165, 1.54) is 24.2 Å². The molecule has 2 fully saturated rings. The molecule has 2 aliphatic rings. The van der Waals surface area contributed by atoms with E-state index in [-0.39, 0.29) is 30.4 Å². The SMILES string of the molecule is CC(C)c1cc(-c2ccccc2)c(-c2ccc(F)cc2)n1CC[C@@H]1C[C@H](CC(=O)OC(C)(C)C)OC2(CCCCC2)O1. The van der Waals surface area contributed by atoms with Crippen molar-refractivity contribution in [2.24, 2.45) is 0 Å². The number of carbonyl (C=O) groups is 1. The van der Waals surface area contributed by atoms with E-state index in [0.717, 1.165) is 61.0 Å². The second-order valence-corrected chi connectivity index (χ2v) is 13.3. The molecular formula is C36H46FNO4. The van der Waals surface area contributed by atoms with Crippen molar-refractivity contribution < 1.29 is 23.4 Å². The lowest BCUT2D eigenvalue weighted by Crippen LogP contribution is -2.50. The number of carbonyl (C=O) groups excluding carboxylic acids is 1. The maximum absolute atomic E-state index is 14.0. The minimum Gasteiger partial charge on any atom is -0.460 e. The summed E-state index contributed by atoms with van der Waals surface area (Å²) in [5, 5.41) is 0. The van der Waals surface area contributed by atoms with Gasteiger partial charge in [0.05, 0.1) is 24.3 Å². The van der Waals surface area contributed by atoms with Gasteiger partial charge in [-0.25, -0.2) is 4.39 Å². The summed E-state index contributed by atoms with van der Waals surface area (Å²) in [5.74, 6) is -0.799. The molecule has 0 N–H and O–H groups in total. The van der Waals surface area contributed by atoms with E-state index in [0.29, 0.717) is 12.3 Å². The van der Waals surface area contributed by atoms with Gasteiger partial charge in [0.15, 0.2) is 5.79 Å². The van der Waals surface area contributed by atoms with Gasteiger partial charge in [0.2, 0.25) is 0 Å².